The van der Waals surface area contributed by atoms with E-state index in [9.17, 15) is 0 Å². The third-order valence-electron chi connectivity index (χ3n) is 4.21. The summed E-state index contributed by atoms with van der Waals surface area (Å²) in [6, 6.07) is 0.865. The van der Waals surface area contributed by atoms with Gasteiger partial charge in [-0.2, -0.15) is 0 Å². The zero-order valence-corrected chi connectivity index (χ0v) is 10.6. The molecule has 0 aromatic carbocycles. The van der Waals surface area contributed by atoms with Crippen molar-refractivity contribution in [3.8, 4) is 0 Å². The Morgan fingerprint density at radius 1 is 1.25 bits per heavy atom. The normalized spacial score (nSPS) is 27.9. The number of hydrogen-bond acceptors (Lipinski definition) is 3. The van der Waals surface area contributed by atoms with Crippen LogP contribution in [0.2, 0.25) is 0 Å². The smallest absolute Gasteiger partial charge is 0.0795 e. The van der Waals surface area contributed by atoms with Crippen LogP contribution in [0.5, 0.6) is 0 Å². The van der Waals surface area contributed by atoms with Crippen LogP contribution in [0.4, 0.5) is 0 Å². The van der Waals surface area contributed by atoms with Crippen molar-refractivity contribution in [1.29, 1.82) is 0 Å². The zero-order valence-electron chi connectivity index (χ0n) is 9.77. The van der Waals surface area contributed by atoms with Crippen LogP contribution in [0.25, 0.3) is 0 Å². The average molecular weight is 236 g/mol. The Kier molecular flexibility index (Phi) is 3.25. The second kappa shape index (κ2) is 4.84. The minimum Gasteiger partial charge on any atom is -0.294 e. The number of hydrogen-bond donors (Lipinski definition) is 0. The predicted molar refractivity (Wildman–Crippen MR) is 67.5 cm³/mol. The summed E-state index contributed by atoms with van der Waals surface area (Å²) in [7, 11) is 0. The number of rotatable bonds is 3. The first kappa shape index (κ1) is 10.7. The van der Waals surface area contributed by atoms with Crippen molar-refractivity contribution in [2.45, 2.75) is 51.1 Å². The molecular weight excluding hydrogens is 216 g/mol. The summed E-state index contributed by atoms with van der Waals surface area (Å²) in [5, 5.41) is 2.20. The number of piperidine rings is 1. The van der Waals surface area contributed by atoms with Gasteiger partial charge in [0.2, 0.25) is 0 Å². The van der Waals surface area contributed by atoms with Crippen LogP contribution in [0.3, 0.4) is 0 Å². The maximum atomic E-state index is 4.42. The average Bonchev–Trinajstić information content (AvgIpc) is 2.71. The molecule has 2 heterocycles. The molecule has 1 saturated heterocycles. The van der Waals surface area contributed by atoms with Gasteiger partial charge in [0.15, 0.2) is 0 Å². The number of likely N-dealkylation sites (tertiary alicyclic amines) is 1. The molecule has 0 radical (unpaired) electrons. The van der Waals surface area contributed by atoms with E-state index in [1.807, 2.05) is 5.51 Å². The molecule has 1 aromatic rings. The van der Waals surface area contributed by atoms with Gasteiger partial charge < -0.3 is 0 Å². The molecule has 2 fully saturated rings. The summed E-state index contributed by atoms with van der Waals surface area (Å²) in [5.74, 6) is 0.999. The Hall–Kier alpha value is -0.410. The van der Waals surface area contributed by atoms with Gasteiger partial charge in [0.05, 0.1) is 11.2 Å². The molecular formula is C13H20N2S. The molecule has 88 valence electrons. The Morgan fingerprint density at radius 3 is 2.88 bits per heavy atom. The van der Waals surface area contributed by atoms with Crippen molar-refractivity contribution >= 4 is 11.3 Å². The summed E-state index contributed by atoms with van der Waals surface area (Å²) < 4.78 is 0. The third-order valence-corrected chi connectivity index (χ3v) is 4.84. The molecule has 2 aliphatic rings. The maximum Gasteiger partial charge on any atom is 0.0795 e. The molecule has 0 N–H and O–H groups in total. The molecule has 1 aliphatic heterocycles. The highest BCUT2D eigenvalue weighted by Gasteiger charge is 2.33. The fourth-order valence-corrected chi connectivity index (χ4v) is 3.64. The SMILES string of the molecule is c1nc(CN2CCCCC2C2CCC2)cs1. The van der Waals surface area contributed by atoms with E-state index in [1.54, 1.807) is 11.3 Å². The van der Waals surface area contributed by atoms with Gasteiger partial charge in [-0.05, 0) is 38.1 Å². The summed E-state index contributed by atoms with van der Waals surface area (Å²) in [6.07, 6.45) is 8.65. The van der Waals surface area contributed by atoms with E-state index in [0.717, 1.165) is 18.5 Å². The minimum absolute atomic E-state index is 0.865. The lowest BCUT2D eigenvalue weighted by Gasteiger charge is -2.43. The van der Waals surface area contributed by atoms with Crippen molar-refractivity contribution in [3.05, 3.63) is 16.6 Å². The first-order chi connectivity index (χ1) is 7.93. The van der Waals surface area contributed by atoms with Crippen LogP contribution in [0.1, 0.15) is 44.2 Å². The van der Waals surface area contributed by atoms with E-state index < -0.39 is 0 Å². The summed E-state index contributed by atoms with van der Waals surface area (Å²) in [6.45, 7) is 2.38. The molecule has 0 bridgehead atoms. The lowest BCUT2D eigenvalue weighted by Crippen LogP contribution is -2.45. The van der Waals surface area contributed by atoms with Gasteiger partial charge in [-0.3, -0.25) is 4.90 Å². The first-order valence-corrected chi connectivity index (χ1v) is 7.49. The molecule has 0 spiro atoms. The van der Waals surface area contributed by atoms with E-state index in [2.05, 4.69) is 15.3 Å². The van der Waals surface area contributed by atoms with Crippen LogP contribution < -0.4 is 0 Å². The highest BCUT2D eigenvalue weighted by Crippen LogP contribution is 2.36. The van der Waals surface area contributed by atoms with Crippen molar-refractivity contribution in [1.82, 2.24) is 9.88 Å². The van der Waals surface area contributed by atoms with Gasteiger partial charge in [-0.25, -0.2) is 4.98 Å². The molecule has 1 unspecified atom stereocenters. The summed E-state index contributed by atoms with van der Waals surface area (Å²) >= 11 is 1.72. The lowest BCUT2D eigenvalue weighted by atomic mass is 9.76. The Bertz CT molecular complexity index is 319. The zero-order chi connectivity index (χ0) is 10.8. The monoisotopic (exact) mass is 236 g/mol. The summed E-state index contributed by atoms with van der Waals surface area (Å²) in [4.78, 5) is 7.12. The molecule has 1 saturated carbocycles. The third kappa shape index (κ3) is 2.16. The van der Waals surface area contributed by atoms with Crippen molar-refractivity contribution in [2.75, 3.05) is 6.54 Å². The highest BCUT2D eigenvalue weighted by atomic mass is 32.1. The fourth-order valence-electron chi connectivity index (χ4n) is 3.10. The highest BCUT2D eigenvalue weighted by molar-refractivity contribution is 7.07. The van der Waals surface area contributed by atoms with Gasteiger partial charge in [0, 0.05) is 18.0 Å². The Labute approximate surface area is 102 Å². The number of nitrogens with zero attached hydrogens (tertiary/aromatic N) is 2. The molecule has 0 amide bonds. The van der Waals surface area contributed by atoms with Crippen molar-refractivity contribution in [2.24, 2.45) is 5.92 Å². The largest absolute Gasteiger partial charge is 0.294 e. The van der Waals surface area contributed by atoms with Crippen molar-refractivity contribution in [3.63, 3.8) is 0 Å². The molecule has 2 nitrogen and oxygen atoms in total. The van der Waals surface area contributed by atoms with Gasteiger partial charge in [-0.15, -0.1) is 11.3 Å². The van der Waals surface area contributed by atoms with Gasteiger partial charge in [-0.1, -0.05) is 12.8 Å². The molecule has 16 heavy (non-hydrogen) atoms. The van der Waals surface area contributed by atoms with E-state index in [-0.39, 0.29) is 0 Å². The molecule has 3 rings (SSSR count). The molecule has 3 heteroatoms. The molecule has 1 aromatic heterocycles. The minimum atomic E-state index is 0.865. The van der Waals surface area contributed by atoms with Crippen LogP contribution in [-0.2, 0) is 6.54 Å². The topological polar surface area (TPSA) is 16.1 Å². The first-order valence-electron chi connectivity index (χ1n) is 6.54. The predicted octanol–water partition coefficient (Wildman–Crippen LogP) is 3.30. The quantitative estimate of drug-likeness (QED) is 0.800. The molecule has 1 aliphatic carbocycles. The van der Waals surface area contributed by atoms with Crippen LogP contribution >= 0.6 is 11.3 Å². The molecule has 1 atom stereocenters. The standard InChI is InChI=1S/C13H20N2S/c1-2-7-15(8-12-9-16-10-14-12)13(6-1)11-4-3-5-11/h9-11,13H,1-8H2. The van der Waals surface area contributed by atoms with Gasteiger partial charge in [0.25, 0.3) is 0 Å². The van der Waals surface area contributed by atoms with E-state index in [0.29, 0.717) is 0 Å². The second-order valence-corrected chi connectivity index (χ2v) is 5.92. The van der Waals surface area contributed by atoms with Crippen molar-refractivity contribution < 1.29 is 0 Å². The van der Waals surface area contributed by atoms with Gasteiger partial charge in [0.1, 0.15) is 0 Å². The second-order valence-electron chi connectivity index (χ2n) is 5.20. The maximum absolute atomic E-state index is 4.42. The van der Waals surface area contributed by atoms with Crippen LogP contribution in [0.15, 0.2) is 10.9 Å². The van der Waals surface area contributed by atoms with E-state index in [4.69, 9.17) is 0 Å². The lowest BCUT2D eigenvalue weighted by molar-refractivity contribution is 0.0563. The van der Waals surface area contributed by atoms with Crippen LogP contribution in [-0.4, -0.2) is 22.5 Å². The van der Waals surface area contributed by atoms with Gasteiger partial charge >= 0.3 is 0 Å². The number of thiazole rings is 1. The Balaban J connectivity index is 1.65. The fraction of sp³-hybridized carbons (Fsp3) is 0.769. The van der Waals surface area contributed by atoms with E-state index >= 15 is 0 Å². The summed E-state index contributed by atoms with van der Waals surface area (Å²) in [5.41, 5.74) is 3.23. The van der Waals surface area contributed by atoms with Crippen LogP contribution in [0, 0.1) is 5.92 Å². The Morgan fingerprint density at radius 2 is 2.19 bits per heavy atom. The van der Waals surface area contributed by atoms with E-state index in [1.165, 1.54) is 50.8 Å². The number of aromatic nitrogens is 1.